The van der Waals surface area contributed by atoms with Crippen LogP contribution in [0.5, 0.6) is 0 Å². The van der Waals surface area contributed by atoms with Gasteiger partial charge in [0.15, 0.2) is 0 Å². The van der Waals surface area contributed by atoms with Crippen LogP contribution in [0.3, 0.4) is 0 Å². The summed E-state index contributed by atoms with van der Waals surface area (Å²) in [6.07, 6.45) is 0. The average Bonchev–Trinajstić information content (AvgIpc) is 2.65. The summed E-state index contributed by atoms with van der Waals surface area (Å²) in [4.78, 5) is 23.8. The zero-order valence-corrected chi connectivity index (χ0v) is 23.4. The SMILES string of the molecule is CC(C)(C)N([O-])C(=O)c1c(Cl)cccc1Cl.CC(C)(C)N([O-])C(=O)c1c(Cl)cccc1Cl.[Pd+2]. The fourth-order valence-corrected chi connectivity index (χ4v) is 3.33. The van der Waals surface area contributed by atoms with Gasteiger partial charge in [0.2, 0.25) is 11.8 Å². The van der Waals surface area contributed by atoms with Crippen LogP contribution < -0.4 is 0 Å². The van der Waals surface area contributed by atoms with Gasteiger partial charge in [-0.2, -0.15) is 0 Å². The maximum Gasteiger partial charge on any atom is 2.00 e. The Morgan fingerprint density at radius 3 is 1.03 bits per heavy atom. The molecule has 2 aromatic rings. The Labute approximate surface area is 227 Å². The molecule has 11 heteroatoms. The summed E-state index contributed by atoms with van der Waals surface area (Å²) in [6.45, 7) is 9.85. The molecule has 0 aliphatic heterocycles. The van der Waals surface area contributed by atoms with E-state index in [9.17, 15) is 20.0 Å². The van der Waals surface area contributed by atoms with Crippen molar-refractivity contribution in [3.05, 3.63) is 78.0 Å². The van der Waals surface area contributed by atoms with Gasteiger partial charge in [0.1, 0.15) is 0 Å². The van der Waals surface area contributed by atoms with Crippen LogP contribution >= 0.6 is 46.4 Å². The first-order valence-corrected chi connectivity index (χ1v) is 10.9. The van der Waals surface area contributed by atoms with Crippen molar-refractivity contribution in [2.45, 2.75) is 52.6 Å². The molecule has 0 N–H and O–H groups in total. The molecule has 0 aromatic heterocycles. The number of rotatable bonds is 2. The topological polar surface area (TPSA) is 86.7 Å². The molecule has 0 fully saturated rings. The maximum absolute atomic E-state index is 11.9. The molecule has 33 heavy (non-hydrogen) atoms. The molecule has 2 aromatic carbocycles. The Morgan fingerprint density at radius 1 is 0.636 bits per heavy atom. The van der Waals surface area contributed by atoms with Crippen LogP contribution in [0.25, 0.3) is 0 Å². The van der Waals surface area contributed by atoms with Gasteiger partial charge in [0, 0.05) is 11.1 Å². The van der Waals surface area contributed by atoms with Crippen molar-refractivity contribution < 1.29 is 30.0 Å². The van der Waals surface area contributed by atoms with Gasteiger partial charge in [-0.05, 0) is 65.8 Å². The third-order valence-corrected chi connectivity index (χ3v) is 5.20. The maximum atomic E-state index is 11.9. The van der Waals surface area contributed by atoms with Gasteiger partial charge >= 0.3 is 20.4 Å². The number of carbonyl (C=O) groups is 2. The van der Waals surface area contributed by atoms with E-state index in [0.29, 0.717) is 10.1 Å². The molecule has 0 unspecified atom stereocenters. The second kappa shape index (κ2) is 12.7. The molecule has 0 saturated heterocycles. The molecule has 0 aliphatic rings. The van der Waals surface area contributed by atoms with Crippen molar-refractivity contribution in [3.8, 4) is 0 Å². The minimum atomic E-state index is -0.820. The molecule has 0 spiro atoms. The van der Waals surface area contributed by atoms with Crippen LogP contribution in [-0.2, 0) is 20.4 Å². The normalized spacial score (nSPS) is 11.0. The molecule has 0 atom stereocenters. The molecular weight excluding hydrogens is 604 g/mol. The quantitative estimate of drug-likeness (QED) is 0.255. The number of hydrogen-bond donors (Lipinski definition) is 0. The van der Waals surface area contributed by atoms with Gasteiger partial charge < -0.3 is 20.5 Å². The number of amides is 2. The predicted molar refractivity (Wildman–Crippen MR) is 132 cm³/mol. The number of benzene rings is 2. The molecule has 6 nitrogen and oxygen atoms in total. The first-order valence-electron chi connectivity index (χ1n) is 9.41. The van der Waals surface area contributed by atoms with E-state index in [1.807, 2.05) is 0 Å². The number of hydroxylamine groups is 4. The first kappa shape index (κ1) is 32.1. The minimum Gasteiger partial charge on any atom is -0.756 e. The first-order chi connectivity index (χ1) is 14.5. The van der Waals surface area contributed by atoms with Crippen molar-refractivity contribution in [2.75, 3.05) is 0 Å². The number of hydrogen-bond acceptors (Lipinski definition) is 4. The molecule has 0 bridgehead atoms. The molecule has 184 valence electrons. The molecule has 0 radical (unpaired) electrons. The van der Waals surface area contributed by atoms with Gasteiger partial charge in [0.25, 0.3) is 0 Å². The largest absolute Gasteiger partial charge is 2.00 e. The summed E-state index contributed by atoms with van der Waals surface area (Å²) in [6, 6.07) is 9.34. The predicted octanol–water partition coefficient (Wildman–Crippen LogP) is 7.46. The van der Waals surface area contributed by atoms with Crippen molar-refractivity contribution in [1.29, 1.82) is 0 Å². The standard InChI is InChI=1S/2C11H12Cl2NO2.Pd/c2*1-11(2,3)14(16)10(15)9-7(12)5-4-6-8(9)13;/h2*4-6H,1-3H3;/q2*-1;+2. The molecule has 0 saturated carbocycles. The smallest absolute Gasteiger partial charge is 0.756 e. The summed E-state index contributed by atoms with van der Waals surface area (Å²) in [5, 5.41) is 24.9. The van der Waals surface area contributed by atoms with Gasteiger partial charge in [-0.15, -0.1) is 0 Å². The van der Waals surface area contributed by atoms with Crippen LogP contribution in [0.4, 0.5) is 0 Å². The fourth-order valence-electron chi connectivity index (χ4n) is 2.22. The Morgan fingerprint density at radius 2 is 0.848 bits per heavy atom. The van der Waals surface area contributed by atoms with Gasteiger partial charge in [-0.1, -0.05) is 58.5 Å². The third-order valence-electron chi connectivity index (χ3n) is 3.94. The van der Waals surface area contributed by atoms with Gasteiger partial charge in [-0.25, -0.2) is 0 Å². The summed E-state index contributed by atoms with van der Waals surface area (Å²) in [7, 11) is 0. The molecular formula is C22H24Cl4N2O4Pd. The molecule has 2 rings (SSSR count). The van der Waals surface area contributed by atoms with Crippen molar-refractivity contribution in [2.24, 2.45) is 0 Å². The average molecular weight is 629 g/mol. The summed E-state index contributed by atoms with van der Waals surface area (Å²) < 4.78 is 0. The number of nitrogens with zero attached hydrogens (tertiary/aromatic N) is 2. The second-order valence-corrected chi connectivity index (χ2v) is 10.4. The van der Waals surface area contributed by atoms with Crippen LogP contribution in [0.2, 0.25) is 20.1 Å². The van der Waals surface area contributed by atoms with Crippen LogP contribution in [-0.4, -0.2) is 33.0 Å². The van der Waals surface area contributed by atoms with Crippen LogP contribution in [0, 0.1) is 10.4 Å². The van der Waals surface area contributed by atoms with Gasteiger partial charge in [0.05, 0.1) is 31.2 Å². The Kier molecular flexibility index (Phi) is 12.4. The van der Waals surface area contributed by atoms with E-state index < -0.39 is 22.9 Å². The number of halogens is 4. The van der Waals surface area contributed by atoms with Crippen molar-refractivity contribution in [3.63, 3.8) is 0 Å². The summed E-state index contributed by atoms with van der Waals surface area (Å²) in [5.74, 6) is -1.44. The monoisotopic (exact) mass is 626 g/mol. The molecule has 0 aliphatic carbocycles. The van der Waals surface area contributed by atoms with E-state index in [-0.39, 0.29) is 51.6 Å². The van der Waals surface area contributed by atoms with Crippen LogP contribution in [0.15, 0.2) is 36.4 Å². The number of carbonyl (C=O) groups excluding carboxylic acids is 2. The van der Waals surface area contributed by atoms with E-state index in [2.05, 4.69) is 0 Å². The van der Waals surface area contributed by atoms with E-state index >= 15 is 0 Å². The van der Waals surface area contributed by atoms with Crippen molar-refractivity contribution >= 4 is 58.2 Å². The zero-order valence-electron chi connectivity index (χ0n) is 18.8. The Bertz CT molecular complexity index is 871. The zero-order chi connectivity index (χ0) is 25.0. The Balaban J connectivity index is 0.000000602. The van der Waals surface area contributed by atoms with Crippen LogP contribution in [0.1, 0.15) is 62.3 Å². The van der Waals surface area contributed by atoms with E-state index in [1.54, 1.807) is 53.7 Å². The second-order valence-electron chi connectivity index (χ2n) is 8.73. The molecule has 0 heterocycles. The molecule has 2 amide bonds. The minimum absolute atomic E-state index is 0. The third kappa shape index (κ3) is 8.69. The summed E-state index contributed by atoms with van der Waals surface area (Å²) in [5.41, 5.74) is -1.54. The van der Waals surface area contributed by atoms with Crippen molar-refractivity contribution in [1.82, 2.24) is 10.1 Å². The fraction of sp³-hybridized carbons (Fsp3) is 0.364. The summed E-state index contributed by atoms with van der Waals surface area (Å²) >= 11 is 23.4. The van der Waals surface area contributed by atoms with E-state index in [4.69, 9.17) is 46.4 Å². The Hall–Kier alpha value is -0.878. The van der Waals surface area contributed by atoms with E-state index in [1.165, 1.54) is 24.3 Å². The van der Waals surface area contributed by atoms with E-state index in [0.717, 1.165) is 0 Å². The van der Waals surface area contributed by atoms with Gasteiger partial charge in [-0.3, -0.25) is 9.59 Å².